The van der Waals surface area contributed by atoms with Gasteiger partial charge in [0.05, 0.1) is 11.4 Å². The SMILES string of the molecule is Cc1cc(N)c(NC2CCCCC2)c(Br)c1. The molecule has 0 bridgehead atoms. The molecule has 1 saturated carbocycles. The second kappa shape index (κ2) is 5.09. The van der Waals surface area contributed by atoms with E-state index in [1.165, 1.54) is 37.7 Å². The second-order valence-electron chi connectivity index (χ2n) is 4.69. The summed E-state index contributed by atoms with van der Waals surface area (Å²) in [5.41, 5.74) is 9.15. The minimum absolute atomic E-state index is 0.593. The van der Waals surface area contributed by atoms with E-state index >= 15 is 0 Å². The maximum Gasteiger partial charge on any atom is 0.0720 e. The van der Waals surface area contributed by atoms with Gasteiger partial charge in [0.15, 0.2) is 0 Å². The fraction of sp³-hybridized carbons (Fsp3) is 0.538. The third kappa shape index (κ3) is 2.70. The number of nitrogen functional groups attached to an aromatic ring is 1. The highest BCUT2D eigenvalue weighted by molar-refractivity contribution is 9.10. The minimum atomic E-state index is 0.593. The first-order valence-electron chi connectivity index (χ1n) is 5.99. The molecule has 2 rings (SSSR count). The van der Waals surface area contributed by atoms with Gasteiger partial charge < -0.3 is 11.1 Å². The maximum absolute atomic E-state index is 6.05. The Hall–Kier alpha value is -0.700. The van der Waals surface area contributed by atoms with Gasteiger partial charge in [-0.1, -0.05) is 19.3 Å². The van der Waals surface area contributed by atoms with Crippen molar-refractivity contribution in [2.75, 3.05) is 11.1 Å². The Bertz CT molecular complexity index is 347. The number of aryl methyl sites for hydroxylation is 1. The van der Waals surface area contributed by atoms with Gasteiger partial charge in [-0.2, -0.15) is 0 Å². The molecule has 0 atom stereocenters. The predicted molar refractivity (Wildman–Crippen MR) is 73.8 cm³/mol. The first-order valence-corrected chi connectivity index (χ1v) is 6.78. The van der Waals surface area contributed by atoms with Crippen LogP contribution in [0.5, 0.6) is 0 Å². The lowest BCUT2D eigenvalue weighted by Crippen LogP contribution is -2.23. The molecule has 1 aliphatic carbocycles. The molecule has 0 amide bonds. The molecule has 0 aromatic heterocycles. The molecule has 1 fully saturated rings. The summed E-state index contributed by atoms with van der Waals surface area (Å²) in [6.45, 7) is 2.06. The van der Waals surface area contributed by atoms with Crippen molar-refractivity contribution >= 4 is 27.3 Å². The topological polar surface area (TPSA) is 38.0 Å². The van der Waals surface area contributed by atoms with Crippen molar-refractivity contribution in [3.8, 4) is 0 Å². The third-order valence-electron chi connectivity index (χ3n) is 3.22. The van der Waals surface area contributed by atoms with Crippen LogP contribution in [0, 0.1) is 6.92 Å². The van der Waals surface area contributed by atoms with Gasteiger partial charge in [-0.25, -0.2) is 0 Å². The monoisotopic (exact) mass is 282 g/mol. The number of halogens is 1. The quantitative estimate of drug-likeness (QED) is 0.802. The summed E-state index contributed by atoms with van der Waals surface area (Å²) < 4.78 is 1.08. The van der Waals surface area contributed by atoms with Crippen molar-refractivity contribution in [2.24, 2.45) is 0 Å². The minimum Gasteiger partial charge on any atom is -0.397 e. The van der Waals surface area contributed by atoms with Crippen molar-refractivity contribution in [2.45, 2.75) is 45.1 Å². The van der Waals surface area contributed by atoms with Crippen LogP contribution in [0.1, 0.15) is 37.7 Å². The van der Waals surface area contributed by atoms with Gasteiger partial charge in [0.25, 0.3) is 0 Å². The molecule has 16 heavy (non-hydrogen) atoms. The van der Waals surface area contributed by atoms with Gasteiger partial charge >= 0.3 is 0 Å². The average molecular weight is 283 g/mol. The molecule has 1 aliphatic rings. The number of nitrogens with two attached hydrogens (primary N) is 1. The fourth-order valence-electron chi connectivity index (χ4n) is 2.37. The van der Waals surface area contributed by atoms with Crippen LogP contribution in [0.25, 0.3) is 0 Å². The van der Waals surface area contributed by atoms with Crippen LogP contribution in [0.15, 0.2) is 16.6 Å². The summed E-state index contributed by atoms with van der Waals surface area (Å²) in [5, 5.41) is 3.57. The van der Waals surface area contributed by atoms with E-state index in [2.05, 4.69) is 34.2 Å². The Morgan fingerprint density at radius 2 is 1.94 bits per heavy atom. The highest BCUT2D eigenvalue weighted by atomic mass is 79.9. The van der Waals surface area contributed by atoms with Crippen molar-refractivity contribution in [1.29, 1.82) is 0 Å². The molecular weight excluding hydrogens is 264 g/mol. The number of benzene rings is 1. The van der Waals surface area contributed by atoms with Crippen molar-refractivity contribution < 1.29 is 0 Å². The highest BCUT2D eigenvalue weighted by Gasteiger charge is 2.15. The Kier molecular flexibility index (Phi) is 3.74. The van der Waals surface area contributed by atoms with Gasteiger partial charge in [-0.15, -0.1) is 0 Å². The zero-order valence-electron chi connectivity index (χ0n) is 9.72. The molecule has 1 aromatic rings. The Morgan fingerprint density at radius 3 is 2.56 bits per heavy atom. The predicted octanol–water partition coefficient (Wildman–Crippen LogP) is 4.08. The smallest absolute Gasteiger partial charge is 0.0720 e. The molecule has 0 spiro atoms. The molecule has 0 unspecified atom stereocenters. The molecular formula is C13H19BrN2. The molecule has 0 saturated heterocycles. The molecule has 3 N–H and O–H groups in total. The summed E-state index contributed by atoms with van der Waals surface area (Å²) in [4.78, 5) is 0. The lowest BCUT2D eigenvalue weighted by atomic mass is 9.95. The third-order valence-corrected chi connectivity index (χ3v) is 3.84. The first-order chi connectivity index (χ1) is 7.66. The van der Waals surface area contributed by atoms with Gasteiger partial charge in [0.2, 0.25) is 0 Å². The van der Waals surface area contributed by atoms with Crippen LogP contribution in [0.3, 0.4) is 0 Å². The van der Waals surface area contributed by atoms with Crippen LogP contribution in [-0.4, -0.2) is 6.04 Å². The van der Waals surface area contributed by atoms with Gasteiger partial charge in [0.1, 0.15) is 0 Å². The number of hydrogen-bond donors (Lipinski definition) is 2. The van der Waals surface area contributed by atoms with Crippen molar-refractivity contribution in [3.05, 3.63) is 22.2 Å². The Morgan fingerprint density at radius 1 is 1.25 bits per heavy atom. The Balaban J connectivity index is 2.14. The molecule has 0 aliphatic heterocycles. The van der Waals surface area contributed by atoms with Crippen LogP contribution in [-0.2, 0) is 0 Å². The second-order valence-corrected chi connectivity index (χ2v) is 5.54. The van der Waals surface area contributed by atoms with Gasteiger partial charge in [-0.3, -0.25) is 0 Å². The number of hydrogen-bond acceptors (Lipinski definition) is 2. The summed E-state index contributed by atoms with van der Waals surface area (Å²) in [7, 11) is 0. The van der Waals surface area contributed by atoms with E-state index in [9.17, 15) is 0 Å². The number of anilines is 2. The van der Waals surface area contributed by atoms with E-state index in [4.69, 9.17) is 5.73 Å². The molecule has 0 heterocycles. The van der Waals surface area contributed by atoms with E-state index in [0.717, 1.165) is 15.8 Å². The fourth-order valence-corrected chi connectivity index (χ4v) is 3.08. The van der Waals surface area contributed by atoms with Crippen LogP contribution >= 0.6 is 15.9 Å². The van der Waals surface area contributed by atoms with Crippen LogP contribution in [0.2, 0.25) is 0 Å². The van der Waals surface area contributed by atoms with E-state index in [1.54, 1.807) is 0 Å². The van der Waals surface area contributed by atoms with Gasteiger partial charge in [0, 0.05) is 10.5 Å². The van der Waals surface area contributed by atoms with Crippen LogP contribution in [0.4, 0.5) is 11.4 Å². The molecule has 1 aromatic carbocycles. The zero-order chi connectivity index (χ0) is 11.5. The van der Waals surface area contributed by atoms with Crippen molar-refractivity contribution in [1.82, 2.24) is 0 Å². The summed E-state index contributed by atoms with van der Waals surface area (Å²) in [6, 6.07) is 4.73. The normalized spacial score (nSPS) is 17.4. The zero-order valence-corrected chi connectivity index (χ0v) is 11.3. The summed E-state index contributed by atoms with van der Waals surface area (Å²) >= 11 is 3.58. The lowest BCUT2D eigenvalue weighted by molar-refractivity contribution is 0.463. The largest absolute Gasteiger partial charge is 0.397 e. The van der Waals surface area contributed by atoms with Gasteiger partial charge in [-0.05, 0) is 53.4 Å². The lowest BCUT2D eigenvalue weighted by Gasteiger charge is -2.25. The van der Waals surface area contributed by atoms with Crippen molar-refractivity contribution in [3.63, 3.8) is 0 Å². The molecule has 88 valence electrons. The van der Waals surface area contributed by atoms with Crippen LogP contribution < -0.4 is 11.1 Å². The van der Waals surface area contributed by atoms with E-state index in [-0.39, 0.29) is 0 Å². The molecule has 3 heteroatoms. The maximum atomic E-state index is 6.05. The van der Waals surface area contributed by atoms with E-state index < -0.39 is 0 Å². The number of rotatable bonds is 2. The van der Waals surface area contributed by atoms with E-state index in [0.29, 0.717) is 6.04 Å². The highest BCUT2D eigenvalue weighted by Crippen LogP contribution is 2.32. The first kappa shape index (κ1) is 11.8. The summed E-state index contributed by atoms with van der Waals surface area (Å²) in [6.07, 6.45) is 6.57. The molecule has 2 nitrogen and oxygen atoms in total. The summed E-state index contributed by atoms with van der Waals surface area (Å²) in [5.74, 6) is 0. The standard InChI is InChI=1S/C13H19BrN2/c1-9-7-11(14)13(12(15)8-9)16-10-5-3-2-4-6-10/h7-8,10,16H,2-6,15H2,1H3. The number of nitrogens with one attached hydrogen (secondary N) is 1. The Labute approximate surface area is 106 Å². The van der Waals surface area contributed by atoms with E-state index in [1.807, 2.05) is 6.07 Å². The average Bonchev–Trinajstić information content (AvgIpc) is 2.25. The molecule has 0 radical (unpaired) electrons.